The highest BCUT2D eigenvalue weighted by Gasteiger charge is 2.19. The SMILES string of the molecule is CCc1sc(-c2ccc(Cl)cc2F)nc1C(=O)OC. The lowest BCUT2D eigenvalue weighted by molar-refractivity contribution is 0.0594. The first-order chi connectivity index (χ1) is 9.06. The number of benzene rings is 1. The van der Waals surface area contributed by atoms with Gasteiger partial charge < -0.3 is 4.74 Å². The van der Waals surface area contributed by atoms with E-state index in [9.17, 15) is 9.18 Å². The van der Waals surface area contributed by atoms with Gasteiger partial charge in [-0.15, -0.1) is 11.3 Å². The molecule has 0 saturated carbocycles. The number of esters is 1. The van der Waals surface area contributed by atoms with E-state index < -0.39 is 11.8 Å². The fourth-order valence-corrected chi connectivity index (χ4v) is 2.80. The van der Waals surface area contributed by atoms with Crippen LogP contribution in [0.5, 0.6) is 0 Å². The summed E-state index contributed by atoms with van der Waals surface area (Å²) in [5, 5.41) is 0.771. The Kier molecular flexibility index (Phi) is 4.17. The molecule has 3 nitrogen and oxygen atoms in total. The summed E-state index contributed by atoms with van der Waals surface area (Å²) in [7, 11) is 1.30. The Morgan fingerprint density at radius 3 is 2.84 bits per heavy atom. The van der Waals surface area contributed by atoms with Gasteiger partial charge >= 0.3 is 5.97 Å². The molecule has 1 aromatic heterocycles. The van der Waals surface area contributed by atoms with E-state index in [1.807, 2.05) is 6.92 Å². The number of carbonyl (C=O) groups is 1. The van der Waals surface area contributed by atoms with Crippen LogP contribution in [0.3, 0.4) is 0 Å². The molecule has 6 heteroatoms. The summed E-state index contributed by atoms with van der Waals surface area (Å²) in [6.45, 7) is 1.90. The van der Waals surface area contributed by atoms with E-state index in [0.717, 1.165) is 4.88 Å². The quantitative estimate of drug-likeness (QED) is 0.806. The third-order valence-corrected chi connectivity index (χ3v) is 4.03. The van der Waals surface area contributed by atoms with Crippen molar-refractivity contribution in [1.82, 2.24) is 4.98 Å². The summed E-state index contributed by atoms with van der Waals surface area (Å²) in [5.74, 6) is -0.964. The molecule has 0 aliphatic heterocycles. The maximum absolute atomic E-state index is 13.8. The standard InChI is InChI=1S/C13H11ClFNO2S/c1-3-10-11(13(17)18-2)16-12(19-10)8-5-4-7(14)6-9(8)15/h4-6H,3H2,1-2H3. The minimum absolute atomic E-state index is 0.249. The van der Waals surface area contributed by atoms with Crippen molar-refractivity contribution in [3.8, 4) is 10.6 Å². The number of aromatic nitrogens is 1. The highest BCUT2D eigenvalue weighted by atomic mass is 35.5. The van der Waals surface area contributed by atoms with Crippen LogP contribution in [-0.2, 0) is 11.2 Å². The zero-order valence-corrected chi connectivity index (χ0v) is 11.9. The molecule has 0 N–H and O–H groups in total. The zero-order chi connectivity index (χ0) is 14.0. The van der Waals surface area contributed by atoms with Gasteiger partial charge in [0.05, 0.1) is 7.11 Å². The average Bonchev–Trinajstić information content (AvgIpc) is 2.81. The molecule has 0 aliphatic carbocycles. The molecule has 0 atom stereocenters. The topological polar surface area (TPSA) is 39.2 Å². The molecule has 0 bridgehead atoms. The maximum atomic E-state index is 13.8. The largest absolute Gasteiger partial charge is 0.464 e. The molecule has 1 aromatic carbocycles. The Labute approximate surface area is 119 Å². The predicted molar refractivity (Wildman–Crippen MR) is 73.2 cm³/mol. The van der Waals surface area contributed by atoms with Crippen LogP contribution in [0.2, 0.25) is 5.02 Å². The molecule has 1 heterocycles. The molecule has 100 valence electrons. The van der Waals surface area contributed by atoms with Crippen LogP contribution in [0.1, 0.15) is 22.3 Å². The van der Waals surface area contributed by atoms with E-state index in [1.165, 1.54) is 24.5 Å². The van der Waals surface area contributed by atoms with Gasteiger partial charge in [-0.2, -0.15) is 0 Å². The van der Waals surface area contributed by atoms with E-state index in [1.54, 1.807) is 12.1 Å². The Morgan fingerprint density at radius 1 is 1.53 bits per heavy atom. The van der Waals surface area contributed by atoms with E-state index in [2.05, 4.69) is 9.72 Å². The summed E-state index contributed by atoms with van der Waals surface area (Å²) >= 11 is 6.99. The Bertz CT molecular complexity index is 627. The number of carbonyl (C=O) groups excluding carboxylic acids is 1. The highest BCUT2D eigenvalue weighted by Crippen LogP contribution is 2.31. The number of methoxy groups -OCH3 is 1. The number of ether oxygens (including phenoxy) is 1. The molecule has 0 radical (unpaired) electrons. The van der Waals surface area contributed by atoms with E-state index in [0.29, 0.717) is 22.0 Å². The number of thiazole rings is 1. The third kappa shape index (κ3) is 2.77. The number of aryl methyl sites for hydroxylation is 1. The van der Waals surface area contributed by atoms with Gasteiger partial charge in [0, 0.05) is 15.5 Å². The zero-order valence-electron chi connectivity index (χ0n) is 10.4. The van der Waals surface area contributed by atoms with Gasteiger partial charge in [0.2, 0.25) is 0 Å². The fourth-order valence-electron chi connectivity index (χ4n) is 1.63. The Morgan fingerprint density at radius 2 is 2.26 bits per heavy atom. The van der Waals surface area contributed by atoms with Crippen LogP contribution in [0.4, 0.5) is 4.39 Å². The van der Waals surface area contributed by atoms with Crippen LogP contribution in [0.15, 0.2) is 18.2 Å². The van der Waals surface area contributed by atoms with Crippen molar-refractivity contribution in [3.63, 3.8) is 0 Å². The number of rotatable bonds is 3. The maximum Gasteiger partial charge on any atom is 0.357 e. The van der Waals surface area contributed by atoms with Crippen LogP contribution in [-0.4, -0.2) is 18.1 Å². The molecule has 2 rings (SSSR count). The fraction of sp³-hybridized carbons (Fsp3) is 0.231. The summed E-state index contributed by atoms with van der Waals surface area (Å²) in [4.78, 5) is 16.5. The minimum Gasteiger partial charge on any atom is -0.464 e. The highest BCUT2D eigenvalue weighted by molar-refractivity contribution is 7.15. The van der Waals surface area contributed by atoms with Crippen molar-refractivity contribution in [2.45, 2.75) is 13.3 Å². The van der Waals surface area contributed by atoms with Crippen LogP contribution in [0.25, 0.3) is 10.6 Å². The second-order valence-corrected chi connectivity index (χ2v) is 5.28. The normalized spacial score (nSPS) is 10.5. The van der Waals surface area contributed by atoms with Gasteiger partial charge in [-0.05, 0) is 24.6 Å². The lowest BCUT2D eigenvalue weighted by Gasteiger charge is -1.99. The van der Waals surface area contributed by atoms with Gasteiger partial charge in [0.1, 0.15) is 10.8 Å². The first-order valence-electron chi connectivity index (χ1n) is 5.60. The van der Waals surface area contributed by atoms with Gasteiger partial charge in [-0.1, -0.05) is 18.5 Å². The van der Waals surface area contributed by atoms with Crippen molar-refractivity contribution >= 4 is 28.9 Å². The molecule has 0 saturated heterocycles. The second kappa shape index (κ2) is 5.67. The summed E-state index contributed by atoms with van der Waals surface area (Å²) in [6.07, 6.45) is 0.636. The second-order valence-electron chi connectivity index (χ2n) is 3.76. The molecular weight excluding hydrogens is 289 g/mol. The van der Waals surface area contributed by atoms with Crippen molar-refractivity contribution in [3.05, 3.63) is 39.6 Å². The lowest BCUT2D eigenvalue weighted by atomic mass is 10.2. The van der Waals surface area contributed by atoms with Crippen molar-refractivity contribution in [2.24, 2.45) is 0 Å². The lowest BCUT2D eigenvalue weighted by Crippen LogP contribution is -2.04. The van der Waals surface area contributed by atoms with E-state index in [-0.39, 0.29) is 5.69 Å². The van der Waals surface area contributed by atoms with Crippen molar-refractivity contribution in [1.29, 1.82) is 0 Å². The summed E-state index contributed by atoms with van der Waals surface area (Å²) in [5.41, 5.74) is 0.582. The first-order valence-corrected chi connectivity index (χ1v) is 6.79. The van der Waals surface area contributed by atoms with Crippen molar-refractivity contribution < 1.29 is 13.9 Å². The summed E-state index contributed by atoms with van der Waals surface area (Å²) in [6, 6.07) is 4.36. The monoisotopic (exact) mass is 299 g/mol. The Hall–Kier alpha value is -1.46. The molecule has 0 amide bonds. The van der Waals surface area contributed by atoms with Crippen LogP contribution < -0.4 is 0 Å². The van der Waals surface area contributed by atoms with Gasteiger partial charge in [0.15, 0.2) is 5.69 Å². The molecule has 19 heavy (non-hydrogen) atoms. The molecule has 0 unspecified atom stereocenters. The number of hydrogen-bond acceptors (Lipinski definition) is 4. The molecule has 0 aliphatic rings. The van der Waals surface area contributed by atoms with Gasteiger partial charge in [-0.3, -0.25) is 0 Å². The van der Waals surface area contributed by atoms with E-state index >= 15 is 0 Å². The van der Waals surface area contributed by atoms with Crippen LogP contribution in [0, 0.1) is 5.82 Å². The smallest absolute Gasteiger partial charge is 0.357 e. The summed E-state index contributed by atoms with van der Waals surface area (Å²) < 4.78 is 18.5. The van der Waals surface area contributed by atoms with Crippen molar-refractivity contribution in [2.75, 3.05) is 7.11 Å². The number of hydrogen-bond donors (Lipinski definition) is 0. The third-order valence-electron chi connectivity index (χ3n) is 2.56. The number of halogens is 2. The first kappa shape index (κ1) is 14.0. The minimum atomic E-state index is -0.506. The molecular formula is C13H11ClFNO2S. The van der Waals surface area contributed by atoms with Gasteiger partial charge in [-0.25, -0.2) is 14.2 Å². The molecule has 2 aromatic rings. The van der Waals surface area contributed by atoms with Crippen LogP contribution >= 0.6 is 22.9 Å². The Balaban J connectivity index is 2.51. The number of nitrogens with zero attached hydrogens (tertiary/aromatic N) is 1. The molecule has 0 fully saturated rings. The predicted octanol–water partition coefficient (Wildman–Crippen LogP) is 3.95. The van der Waals surface area contributed by atoms with E-state index in [4.69, 9.17) is 11.6 Å². The average molecular weight is 300 g/mol. The van der Waals surface area contributed by atoms with Gasteiger partial charge in [0.25, 0.3) is 0 Å². The molecule has 0 spiro atoms.